The first-order chi connectivity index (χ1) is 6.83. The van der Waals surface area contributed by atoms with E-state index >= 15 is 0 Å². The van der Waals surface area contributed by atoms with Crippen LogP contribution in [0.4, 0.5) is 13.2 Å². The summed E-state index contributed by atoms with van der Waals surface area (Å²) in [4.78, 5) is 3.93. The molecule has 8 heteroatoms. The van der Waals surface area contributed by atoms with Crippen molar-refractivity contribution >= 4 is 29.9 Å². The molecule has 1 aliphatic heterocycles. The maximum Gasteiger partial charge on any atom is 0.418 e. The monoisotopic (exact) mass is 353 g/mol. The number of hydrogen-bond acceptors (Lipinski definition) is 4. The van der Waals surface area contributed by atoms with Crippen molar-refractivity contribution in [3.05, 3.63) is 0 Å². The Balaban J connectivity index is 0.00000225. The van der Waals surface area contributed by atoms with Gasteiger partial charge in [-0.15, -0.1) is 24.0 Å². The maximum atomic E-state index is 12.2. The van der Waals surface area contributed by atoms with E-state index in [4.69, 9.17) is 5.11 Å². The lowest BCUT2D eigenvalue weighted by molar-refractivity contribution is -0.249. The fourth-order valence-corrected chi connectivity index (χ4v) is 1.01. The first kappa shape index (κ1) is 15.8. The highest BCUT2D eigenvalue weighted by Crippen LogP contribution is 2.29. The SMILES string of the molecule is CC(O)(CNC1=NCCCN1)C(F)(F)F.I. The molecule has 0 spiro atoms. The molecule has 1 heterocycles. The van der Waals surface area contributed by atoms with Gasteiger partial charge in [0.05, 0.1) is 6.54 Å². The molecular formula is C8H15F3IN3O. The predicted octanol–water partition coefficient (Wildman–Crippen LogP) is 0.857. The van der Waals surface area contributed by atoms with Crippen molar-refractivity contribution in [2.24, 2.45) is 4.99 Å². The Kier molecular flexibility index (Phi) is 5.80. The Bertz CT molecular complexity index is 255. The first-order valence-electron chi connectivity index (χ1n) is 4.64. The van der Waals surface area contributed by atoms with E-state index in [-0.39, 0.29) is 24.0 Å². The molecule has 0 aromatic rings. The second kappa shape index (κ2) is 5.89. The second-order valence-electron chi connectivity index (χ2n) is 3.64. The van der Waals surface area contributed by atoms with Crippen LogP contribution in [-0.4, -0.2) is 42.5 Å². The molecule has 0 aromatic heterocycles. The zero-order chi connectivity index (χ0) is 11.5. The molecule has 16 heavy (non-hydrogen) atoms. The molecule has 0 bridgehead atoms. The van der Waals surface area contributed by atoms with Crippen LogP contribution in [0.5, 0.6) is 0 Å². The van der Waals surface area contributed by atoms with Crippen LogP contribution in [0, 0.1) is 0 Å². The first-order valence-corrected chi connectivity index (χ1v) is 4.64. The largest absolute Gasteiger partial charge is 0.418 e. The summed E-state index contributed by atoms with van der Waals surface area (Å²) in [6.07, 6.45) is -3.78. The third-order valence-corrected chi connectivity index (χ3v) is 2.11. The van der Waals surface area contributed by atoms with Gasteiger partial charge in [0.25, 0.3) is 0 Å². The van der Waals surface area contributed by atoms with Gasteiger partial charge in [-0.05, 0) is 13.3 Å². The number of hydrogen-bond donors (Lipinski definition) is 3. The van der Waals surface area contributed by atoms with Gasteiger partial charge in [-0.25, -0.2) is 0 Å². The zero-order valence-corrected chi connectivity index (χ0v) is 11.1. The molecule has 0 aliphatic carbocycles. The zero-order valence-electron chi connectivity index (χ0n) is 8.76. The molecule has 1 unspecified atom stereocenters. The Morgan fingerprint density at radius 2 is 2.12 bits per heavy atom. The van der Waals surface area contributed by atoms with E-state index in [0.29, 0.717) is 19.0 Å². The summed E-state index contributed by atoms with van der Waals surface area (Å²) in [5.74, 6) is 0.311. The highest BCUT2D eigenvalue weighted by molar-refractivity contribution is 14.0. The molecule has 3 N–H and O–H groups in total. The Labute approximate surface area is 109 Å². The number of nitrogens with zero attached hydrogens (tertiary/aromatic N) is 1. The molecule has 4 nitrogen and oxygen atoms in total. The highest BCUT2D eigenvalue weighted by Gasteiger charge is 2.49. The van der Waals surface area contributed by atoms with Gasteiger partial charge >= 0.3 is 6.18 Å². The number of rotatable bonds is 2. The van der Waals surface area contributed by atoms with Crippen LogP contribution in [0.25, 0.3) is 0 Å². The van der Waals surface area contributed by atoms with Gasteiger partial charge in [-0.1, -0.05) is 0 Å². The molecule has 0 fully saturated rings. The fourth-order valence-electron chi connectivity index (χ4n) is 1.01. The van der Waals surface area contributed by atoms with Crippen LogP contribution in [-0.2, 0) is 0 Å². The van der Waals surface area contributed by atoms with Crippen molar-refractivity contribution < 1.29 is 18.3 Å². The summed E-state index contributed by atoms with van der Waals surface area (Å²) < 4.78 is 36.7. The summed E-state index contributed by atoms with van der Waals surface area (Å²) in [6, 6.07) is 0. The number of aliphatic hydroxyl groups is 1. The molecule has 1 atom stereocenters. The molecule has 0 saturated carbocycles. The summed E-state index contributed by atoms with van der Waals surface area (Å²) >= 11 is 0. The quantitative estimate of drug-likeness (QED) is 0.646. The minimum atomic E-state index is -4.64. The number of alkyl halides is 3. The van der Waals surface area contributed by atoms with Crippen LogP contribution in [0.1, 0.15) is 13.3 Å². The number of guanidine groups is 1. The molecule has 96 valence electrons. The second-order valence-corrected chi connectivity index (χ2v) is 3.64. The van der Waals surface area contributed by atoms with Gasteiger partial charge in [0.2, 0.25) is 0 Å². The predicted molar refractivity (Wildman–Crippen MR) is 65.0 cm³/mol. The molecule has 1 aliphatic rings. The van der Waals surface area contributed by atoms with Gasteiger partial charge in [-0.2, -0.15) is 13.2 Å². The Morgan fingerprint density at radius 1 is 1.50 bits per heavy atom. The maximum absolute atomic E-state index is 12.2. The molecule has 0 amide bonds. The van der Waals surface area contributed by atoms with E-state index in [1.807, 2.05) is 0 Å². The topological polar surface area (TPSA) is 56.6 Å². The third-order valence-electron chi connectivity index (χ3n) is 2.11. The van der Waals surface area contributed by atoms with E-state index in [9.17, 15) is 13.2 Å². The minimum absolute atomic E-state index is 0. The van der Waals surface area contributed by atoms with E-state index < -0.39 is 18.3 Å². The summed E-state index contributed by atoms with van der Waals surface area (Å²) in [7, 11) is 0. The van der Waals surface area contributed by atoms with Crippen LogP contribution in [0.15, 0.2) is 4.99 Å². The van der Waals surface area contributed by atoms with Crippen LogP contribution in [0.3, 0.4) is 0 Å². The van der Waals surface area contributed by atoms with Crippen LogP contribution in [0.2, 0.25) is 0 Å². The smallest absolute Gasteiger partial charge is 0.379 e. The van der Waals surface area contributed by atoms with Crippen molar-refractivity contribution in [2.75, 3.05) is 19.6 Å². The summed E-state index contributed by atoms with van der Waals surface area (Å²) in [5.41, 5.74) is -2.74. The van der Waals surface area contributed by atoms with Gasteiger partial charge in [0.15, 0.2) is 11.6 Å². The molecule has 0 radical (unpaired) electrons. The van der Waals surface area contributed by atoms with E-state index in [0.717, 1.165) is 13.3 Å². The standard InChI is InChI=1S/C8H14F3N3O.HI/c1-7(15,8(9,10)11)5-14-6-12-3-2-4-13-6;/h15H,2-5H2,1H3,(H2,12,13,14);1H. The van der Waals surface area contributed by atoms with Crippen molar-refractivity contribution in [2.45, 2.75) is 25.1 Å². The average Bonchev–Trinajstić information content (AvgIpc) is 2.15. The number of nitrogens with one attached hydrogen (secondary N) is 2. The lowest BCUT2D eigenvalue weighted by Crippen LogP contribution is -2.53. The van der Waals surface area contributed by atoms with Crippen molar-refractivity contribution in [1.82, 2.24) is 10.6 Å². The van der Waals surface area contributed by atoms with Crippen molar-refractivity contribution in [3.8, 4) is 0 Å². The summed E-state index contributed by atoms with van der Waals surface area (Å²) in [6.45, 7) is 1.38. The van der Waals surface area contributed by atoms with Gasteiger partial charge in [-0.3, -0.25) is 4.99 Å². The summed E-state index contributed by atoms with van der Waals surface area (Å²) in [5, 5.41) is 14.4. The molecular weight excluding hydrogens is 338 g/mol. The Morgan fingerprint density at radius 3 is 2.56 bits per heavy atom. The molecule has 1 rings (SSSR count). The number of halogens is 4. The van der Waals surface area contributed by atoms with Crippen LogP contribution < -0.4 is 10.6 Å². The fraction of sp³-hybridized carbons (Fsp3) is 0.875. The van der Waals surface area contributed by atoms with Crippen LogP contribution >= 0.6 is 24.0 Å². The lowest BCUT2D eigenvalue weighted by Gasteiger charge is -2.27. The van der Waals surface area contributed by atoms with E-state index in [2.05, 4.69) is 15.6 Å². The highest BCUT2D eigenvalue weighted by atomic mass is 127. The molecule has 0 aromatic carbocycles. The van der Waals surface area contributed by atoms with Gasteiger partial charge in [0, 0.05) is 13.1 Å². The molecule has 0 saturated heterocycles. The Hall–Kier alpha value is -0.250. The van der Waals surface area contributed by atoms with Gasteiger partial charge in [0.1, 0.15) is 0 Å². The normalized spacial score (nSPS) is 19.9. The minimum Gasteiger partial charge on any atom is -0.379 e. The van der Waals surface area contributed by atoms with Crippen molar-refractivity contribution in [3.63, 3.8) is 0 Å². The number of aliphatic imine (C=N–C) groups is 1. The van der Waals surface area contributed by atoms with E-state index in [1.54, 1.807) is 0 Å². The van der Waals surface area contributed by atoms with Gasteiger partial charge < -0.3 is 15.7 Å². The third kappa shape index (κ3) is 4.32. The average molecular weight is 353 g/mol. The lowest BCUT2D eigenvalue weighted by atomic mass is 10.1. The van der Waals surface area contributed by atoms with E-state index in [1.165, 1.54) is 0 Å². The van der Waals surface area contributed by atoms with Crippen molar-refractivity contribution in [1.29, 1.82) is 0 Å².